The molecule has 0 unspecified atom stereocenters. The maximum Gasteiger partial charge on any atom is 0.214 e. The van der Waals surface area contributed by atoms with Crippen LogP contribution in [0.25, 0.3) is 0 Å². The highest BCUT2D eigenvalue weighted by Gasteiger charge is 2.42. The molecule has 1 saturated carbocycles. The number of guanidine groups is 1. The Morgan fingerprint density at radius 3 is 2.48 bits per heavy atom. The third-order valence-corrected chi connectivity index (χ3v) is 4.71. The number of oxazole rings is 1. The van der Waals surface area contributed by atoms with Crippen LogP contribution < -0.4 is 10.6 Å². The molecule has 25 heavy (non-hydrogen) atoms. The molecule has 1 aliphatic rings. The summed E-state index contributed by atoms with van der Waals surface area (Å²) in [5.74, 6) is 2.36. The molecule has 2 aromatic rings. The van der Waals surface area contributed by atoms with Gasteiger partial charge in [-0.2, -0.15) is 0 Å². The van der Waals surface area contributed by atoms with Crippen LogP contribution in [0.1, 0.15) is 35.7 Å². The number of halogens is 1. The molecule has 0 spiro atoms. The summed E-state index contributed by atoms with van der Waals surface area (Å²) in [7, 11) is 1.79. The summed E-state index contributed by atoms with van der Waals surface area (Å²) in [6, 6.07) is 10.7. The first-order valence-corrected chi connectivity index (χ1v) is 8.52. The fourth-order valence-corrected chi connectivity index (χ4v) is 2.89. The summed E-state index contributed by atoms with van der Waals surface area (Å²) in [4.78, 5) is 8.68. The van der Waals surface area contributed by atoms with E-state index < -0.39 is 0 Å². The number of benzene rings is 1. The van der Waals surface area contributed by atoms with E-state index in [0.717, 1.165) is 30.4 Å². The minimum Gasteiger partial charge on any atom is -0.444 e. The van der Waals surface area contributed by atoms with Gasteiger partial charge in [0.2, 0.25) is 5.89 Å². The monoisotopic (exact) mass is 454 g/mol. The van der Waals surface area contributed by atoms with Crippen LogP contribution in [0.4, 0.5) is 0 Å². The lowest BCUT2D eigenvalue weighted by molar-refractivity contribution is 0.460. The van der Waals surface area contributed by atoms with Crippen LogP contribution in [-0.2, 0) is 13.0 Å². The van der Waals surface area contributed by atoms with Crippen molar-refractivity contribution in [3.63, 3.8) is 0 Å². The number of aryl methyl sites for hydroxylation is 2. The quantitative estimate of drug-likeness (QED) is 0.398. The molecule has 0 bridgehead atoms. The molecule has 1 fully saturated rings. The summed E-state index contributed by atoms with van der Waals surface area (Å²) in [6.45, 7) is 5.36. The predicted molar refractivity (Wildman–Crippen MR) is 111 cm³/mol. The van der Waals surface area contributed by atoms with Crippen LogP contribution >= 0.6 is 24.0 Å². The molecular formula is C19H27IN4O. The molecule has 5 nitrogen and oxygen atoms in total. The second-order valence-electron chi connectivity index (χ2n) is 6.69. The fourth-order valence-electron chi connectivity index (χ4n) is 2.89. The normalized spacial score (nSPS) is 15.4. The van der Waals surface area contributed by atoms with E-state index in [1.165, 1.54) is 18.4 Å². The SMILES string of the molecule is CN=C(NCc1nc(C)c(C)o1)NCC1(Cc2ccccc2)CC1.I. The second-order valence-corrected chi connectivity index (χ2v) is 6.69. The molecule has 3 rings (SSSR count). The van der Waals surface area contributed by atoms with E-state index in [0.29, 0.717) is 17.9 Å². The van der Waals surface area contributed by atoms with Gasteiger partial charge in [-0.3, -0.25) is 4.99 Å². The van der Waals surface area contributed by atoms with Crippen molar-refractivity contribution in [3.8, 4) is 0 Å². The van der Waals surface area contributed by atoms with Gasteiger partial charge >= 0.3 is 0 Å². The summed E-state index contributed by atoms with van der Waals surface area (Å²) in [5, 5.41) is 6.73. The van der Waals surface area contributed by atoms with E-state index in [4.69, 9.17) is 4.42 Å². The molecular weight excluding hydrogens is 427 g/mol. The molecule has 0 aliphatic heterocycles. The average Bonchev–Trinajstić information content (AvgIpc) is 3.27. The van der Waals surface area contributed by atoms with Gasteiger partial charge in [0.25, 0.3) is 0 Å². The Bertz CT molecular complexity index is 688. The Hall–Kier alpha value is -1.57. The highest BCUT2D eigenvalue weighted by molar-refractivity contribution is 14.0. The lowest BCUT2D eigenvalue weighted by Crippen LogP contribution is -2.40. The van der Waals surface area contributed by atoms with Gasteiger partial charge in [0.05, 0.1) is 12.2 Å². The van der Waals surface area contributed by atoms with Crippen molar-refractivity contribution in [2.24, 2.45) is 10.4 Å². The van der Waals surface area contributed by atoms with E-state index in [9.17, 15) is 0 Å². The highest BCUT2D eigenvalue weighted by atomic mass is 127. The van der Waals surface area contributed by atoms with Crippen molar-refractivity contribution in [1.29, 1.82) is 0 Å². The number of nitrogens with one attached hydrogen (secondary N) is 2. The van der Waals surface area contributed by atoms with Gasteiger partial charge in [0.15, 0.2) is 5.96 Å². The Kier molecular flexibility index (Phi) is 6.87. The maximum atomic E-state index is 5.59. The Morgan fingerprint density at radius 1 is 1.20 bits per heavy atom. The fraction of sp³-hybridized carbons (Fsp3) is 0.474. The van der Waals surface area contributed by atoms with Crippen LogP contribution in [0, 0.1) is 19.3 Å². The molecule has 6 heteroatoms. The molecule has 1 aromatic heterocycles. The lowest BCUT2D eigenvalue weighted by Gasteiger charge is -2.18. The molecule has 1 heterocycles. The summed E-state index contributed by atoms with van der Waals surface area (Å²) in [5.41, 5.74) is 2.72. The Labute approximate surface area is 166 Å². The van der Waals surface area contributed by atoms with Crippen molar-refractivity contribution < 1.29 is 4.42 Å². The Balaban J connectivity index is 0.00000225. The standard InChI is InChI=1S/C19H26N4O.HI/c1-14-15(2)24-17(23-14)12-21-18(20-3)22-13-19(9-10-19)11-16-7-5-4-6-8-16;/h4-8H,9-13H2,1-3H3,(H2,20,21,22);1H. The van der Waals surface area contributed by atoms with E-state index in [2.05, 4.69) is 50.9 Å². The van der Waals surface area contributed by atoms with E-state index in [1.807, 2.05) is 13.8 Å². The van der Waals surface area contributed by atoms with Gasteiger partial charge in [-0.1, -0.05) is 30.3 Å². The molecule has 0 amide bonds. The molecule has 0 radical (unpaired) electrons. The van der Waals surface area contributed by atoms with Crippen molar-refractivity contribution in [3.05, 3.63) is 53.2 Å². The van der Waals surface area contributed by atoms with Crippen LogP contribution in [-0.4, -0.2) is 24.5 Å². The predicted octanol–water partition coefficient (Wildman–Crippen LogP) is 3.60. The minimum absolute atomic E-state index is 0. The molecule has 2 N–H and O–H groups in total. The molecule has 136 valence electrons. The summed E-state index contributed by atoms with van der Waals surface area (Å²) >= 11 is 0. The molecule has 0 saturated heterocycles. The van der Waals surface area contributed by atoms with Gasteiger partial charge in [-0.25, -0.2) is 4.98 Å². The van der Waals surface area contributed by atoms with Crippen molar-refractivity contribution in [2.75, 3.05) is 13.6 Å². The minimum atomic E-state index is 0. The number of hydrogen-bond donors (Lipinski definition) is 2. The van der Waals surface area contributed by atoms with E-state index >= 15 is 0 Å². The van der Waals surface area contributed by atoms with Crippen LogP contribution in [0.2, 0.25) is 0 Å². The molecule has 1 aliphatic carbocycles. The number of nitrogens with zero attached hydrogens (tertiary/aromatic N) is 2. The zero-order valence-electron chi connectivity index (χ0n) is 15.1. The van der Waals surface area contributed by atoms with Gasteiger partial charge in [0, 0.05) is 13.6 Å². The van der Waals surface area contributed by atoms with Crippen LogP contribution in [0.15, 0.2) is 39.7 Å². The smallest absolute Gasteiger partial charge is 0.214 e. The highest BCUT2D eigenvalue weighted by Crippen LogP contribution is 2.47. The topological polar surface area (TPSA) is 62.5 Å². The van der Waals surface area contributed by atoms with Crippen LogP contribution in [0.3, 0.4) is 0 Å². The first-order valence-electron chi connectivity index (χ1n) is 8.52. The number of aliphatic imine (C=N–C) groups is 1. The third kappa shape index (κ3) is 5.45. The van der Waals surface area contributed by atoms with Gasteiger partial charge < -0.3 is 15.1 Å². The summed E-state index contributed by atoms with van der Waals surface area (Å²) in [6.07, 6.45) is 3.66. The van der Waals surface area contributed by atoms with Gasteiger partial charge in [-0.05, 0) is 44.1 Å². The van der Waals surface area contributed by atoms with E-state index in [1.54, 1.807) is 7.05 Å². The number of rotatable bonds is 6. The Morgan fingerprint density at radius 2 is 1.92 bits per heavy atom. The average molecular weight is 454 g/mol. The van der Waals surface area contributed by atoms with E-state index in [-0.39, 0.29) is 24.0 Å². The molecule has 1 aromatic carbocycles. The van der Waals surface area contributed by atoms with Crippen molar-refractivity contribution >= 4 is 29.9 Å². The summed E-state index contributed by atoms with van der Waals surface area (Å²) < 4.78 is 5.59. The number of aromatic nitrogens is 1. The van der Waals surface area contributed by atoms with Crippen molar-refractivity contribution in [1.82, 2.24) is 15.6 Å². The van der Waals surface area contributed by atoms with Gasteiger partial charge in [0.1, 0.15) is 5.76 Å². The largest absolute Gasteiger partial charge is 0.444 e. The van der Waals surface area contributed by atoms with Gasteiger partial charge in [-0.15, -0.1) is 24.0 Å². The van der Waals surface area contributed by atoms with Crippen LogP contribution in [0.5, 0.6) is 0 Å². The first kappa shape index (κ1) is 19.8. The van der Waals surface area contributed by atoms with Crippen molar-refractivity contribution in [2.45, 2.75) is 39.7 Å². The zero-order valence-corrected chi connectivity index (χ0v) is 17.5. The second kappa shape index (κ2) is 8.69. The first-order chi connectivity index (χ1) is 11.6. The zero-order chi connectivity index (χ0) is 17.0. The lowest BCUT2D eigenvalue weighted by atomic mass is 9.96. The number of hydrogen-bond acceptors (Lipinski definition) is 3. The third-order valence-electron chi connectivity index (χ3n) is 4.71. The maximum absolute atomic E-state index is 5.59. The molecule has 0 atom stereocenters.